The summed E-state index contributed by atoms with van der Waals surface area (Å²) in [6, 6.07) is 69.8. The molecule has 0 amide bonds. The van der Waals surface area contributed by atoms with Crippen molar-refractivity contribution in [2.24, 2.45) is 0 Å². The summed E-state index contributed by atoms with van der Waals surface area (Å²) in [6.45, 7) is 4.68. The molecule has 57 heavy (non-hydrogen) atoms. The molecule has 0 spiro atoms. The fraction of sp³-hybridized carbons (Fsp3) is 0.0566. The van der Waals surface area contributed by atoms with Gasteiger partial charge in [0.15, 0.2) is 11.6 Å². The summed E-state index contributed by atoms with van der Waals surface area (Å²) < 4.78 is 4.57. The van der Waals surface area contributed by atoms with Gasteiger partial charge in [-0.05, 0) is 93.0 Å². The van der Waals surface area contributed by atoms with Crippen molar-refractivity contribution in [3.8, 4) is 67.5 Å². The second kappa shape index (κ2) is 12.9. The standard InChI is InChI=1S/C53H38N4/c1-53(2)46-23-13-12-21-43(46)44-33-38(27-31-47(44)53)39-28-32-48-45(34-39)50-42(22-14-24-49(50)56(48)40-19-10-5-11-20-40)35-25-29-41(30-26-35)57-51(36-15-6-3-7-16-36)54-55-52(57)37-17-8-4-9-18-37/h3-34H,1-2H3. The lowest BCUT2D eigenvalue weighted by atomic mass is 9.82. The van der Waals surface area contributed by atoms with Gasteiger partial charge in [0, 0.05) is 38.7 Å². The molecule has 0 fully saturated rings. The predicted octanol–water partition coefficient (Wildman–Crippen LogP) is 13.3. The van der Waals surface area contributed by atoms with Crippen molar-refractivity contribution < 1.29 is 0 Å². The van der Waals surface area contributed by atoms with E-state index in [1.165, 1.54) is 60.8 Å². The lowest BCUT2D eigenvalue weighted by molar-refractivity contribution is 0.660. The second-order valence-electron chi connectivity index (χ2n) is 15.5. The smallest absolute Gasteiger partial charge is 0.168 e. The highest BCUT2D eigenvalue weighted by Gasteiger charge is 2.35. The fourth-order valence-electron chi connectivity index (χ4n) is 9.11. The first-order chi connectivity index (χ1) is 28.0. The number of fused-ring (bicyclic) bond motifs is 6. The molecule has 10 aromatic rings. The number of benzene rings is 8. The normalized spacial score (nSPS) is 12.9. The van der Waals surface area contributed by atoms with Crippen molar-refractivity contribution >= 4 is 21.8 Å². The summed E-state index contributed by atoms with van der Waals surface area (Å²) in [7, 11) is 0. The molecule has 0 unspecified atom stereocenters. The monoisotopic (exact) mass is 730 g/mol. The molecule has 4 heteroatoms. The van der Waals surface area contributed by atoms with Crippen LogP contribution in [-0.2, 0) is 5.41 Å². The highest BCUT2D eigenvalue weighted by atomic mass is 15.3. The van der Waals surface area contributed by atoms with E-state index in [4.69, 9.17) is 10.2 Å². The molecule has 1 aliphatic carbocycles. The van der Waals surface area contributed by atoms with Gasteiger partial charge in [0.2, 0.25) is 0 Å². The van der Waals surface area contributed by atoms with Crippen LogP contribution in [0.2, 0.25) is 0 Å². The van der Waals surface area contributed by atoms with E-state index >= 15 is 0 Å². The maximum absolute atomic E-state index is 4.71. The highest BCUT2D eigenvalue weighted by Crippen LogP contribution is 2.50. The first-order valence-electron chi connectivity index (χ1n) is 19.6. The minimum atomic E-state index is -0.0252. The van der Waals surface area contributed by atoms with Crippen LogP contribution in [0, 0.1) is 0 Å². The highest BCUT2D eigenvalue weighted by molar-refractivity contribution is 6.16. The summed E-state index contributed by atoms with van der Waals surface area (Å²) in [4.78, 5) is 0. The Morgan fingerprint density at radius 3 is 1.61 bits per heavy atom. The van der Waals surface area contributed by atoms with Crippen molar-refractivity contribution in [3.63, 3.8) is 0 Å². The first kappa shape index (κ1) is 33.1. The van der Waals surface area contributed by atoms with Crippen molar-refractivity contribution in [3.05, 3.63) is 205 Å². The Bertz CT molecular complexity index is 3060. The van der Waals surface area contributed by atoms with Gasteiger partial charge < -0.3 is 4.57 Å². The molecule has 270 valence electrons. The van der Waals surface area contributed by atoms with Gasteiger partial charge in [0.1, 0.15) is 0 Å². The van der Waals surface area contributed by atoms with Crippen LogP contribution in [-0.4, -0.2) is 19.3 Å². The molecular formula is C53H38N4. The van der Waals surface area contributed by atoms with Gasteiger partial charge in [-0.1, -0.05) is 159 Å². The van der Waals surface area contributed by atoms with Crippen molar-refractivity contribution in [2.75, 3.05) is 0 Å². The van der Waals surface area contributed by atoms with Gasteiger partial charge in [0.05, 0.1) is 11.0 Å². The quantitative estimate of drug-likeness (QED) is 0.171. The Kier molecular flexibility index (Phi) is 7.48. The summed E-state index contributed by atoms with van der Waals surface area (Å²) in [6.07, 6.45) is 0. The van der Waals surface area contributed by atoms with Crippen molar-refractivity contribution in [2.45, 2.75) is 19.3 Å². The largest absolute Gasteiger partial charge is 0.309 e. The number of para-hydroxylation sites is 1. The zero-order valence-corrected chi connectivity index (χ0v) is 31.8. The van der Waals surface area contributed by atoms with Gasteiger partial charge in [-0.3, -0.25) is 4.57 Å². The Hall–Kier alpha value is -7.30. The third-order valence-electron chi connectivity index (χ3n) is 11.9. The number of rotatable bonds is 6. The zero-order valence-electron chi connectivity index (χ0n) is 31.8. The van der Waals surface area contributed by atoms with E-state index < -0.39 is 0 Å². The lowest BCUT2D eigenvalue weighted by Gasteiger charge is -2.21. The van der Waals surface area contributed by atoms with Crippen molar-refractivity contribution in [1.29, 1.82) is 0 Å². The Morgan fingerprint density at radius 1 is 0.368 bits per heavy atom. The molecule has 0 saturated heterocycles. The minimum absolute atomic E-state index is 0.0252. The fourth-order valence-corrected chi connectivity index (χ4v) is 9.11. The minimum Gasteiger partial charge on any atom is -0.309 e. The van der Waals surface area contributed by atoms with E-state index in [9.17, 15) is 0 Å². The number of aromatic nitrogens is 4. The van der Waals surface area contributed by atoms with Crippen LogP contribution >= 0.6 is 0 Å². The first-order valence-corrected chi connectivity index (χ1v) is 19.6. The van der Waals surface area contributed by atoms with E-state index in [0.717, 1.165) is 39.7 Å². The number of hydrogen-bond acceptors (Lipinski definition) is 2. The molecule has 1 aliphatic rings. The van der Waals surface area contributed by atoms with Gasteiger partial charge in [-0.15, -0.1) is 10.2 Å². The SMILES string of the molecule is CC1(C)c2ccccc2-c2cc(-c3ccc4c(c3)c3c(-c5ccc(-n6c(-c7ccccc7)nnc6-c6ccccc6)cc5)cccc3n4-c3ccccc3)ccc21. The Morgan fingerprint density at radius 2 is 0.912 bits per heavy atom. The topological polar surface area (TPSA) is 35.6 Å². The molecular weight excluding hydrogens is 693 g/mol. The Labute approximate surface area is 332 Å². The molecule has 0 saturated carbocycles. The molecule has 0 N–H and O–H groups in total. The van der Waals surface area contributed by atoms with E-state index in [1.54, 1.807) is 0 Å². The third-order valence-corrected chi connectivity index (χ3v) is 11.9. The molecule has 0 aliphatic heterocycles. The number of nitrogens with zero attached hydrogens (tertiary/aromatic N) is 4. The summed E-state index contributed by atoms with van der Waals surface area (Å²) in [5.74, 6) is 1.61. The predicted molar refractivity (Wildman–Crippen MR) is 235 cm³/mol. The maximum atomic E-state index is 4.71. The van der Waals surface area contributed by atoms with Crippen LogP contribution < -0.4 is 0 Å². The zero-order chi connectivity index (χ0) is 38.1. The van der Waals surface area contributed by atoms with E-state index in [0.29, 0.717) is 0 Å². The average molecular weight is 731 g/mol. The average Bonchev–Trinajstić information content (AvgIpc) is 3.93. The van der Waals surface area contributed by atoms with Gasteiger partial charge in [-0.25, -0.2) is 0 Å². The van der Waals surface area contributed by atoms with Gasteiger partial charge >= 0.3 is 0 Å². The van der Waals surface area contributed by atoms with Gasteiger partial charge in [-0.2, -0.15) is 0 Å². The Balaban J connectivity index is 1.08. The molecule has 11 rings (SSSR count). The molecule has 0 radical (unpaired) electrons. The molecule has 0 bridgehead atoms. The second-order valence-corrected chi connectivity index (χ2v) is 15.5. The lowest BCUT2D eigenvalue weighted by Crippen LogP contribution is -2.14. The molecule has 2 aromatic heterocycles. The van der Waals surface area contributed by atoms with Gasteiger partial charge in [0.25, 0.3) is 0 Å². The van der Waals surface area contributed by atoms with E-state index in [2.05, 4.69) is 181 Å². The molecule has 8 aromatic carbocycles. The molecule has 2 heterocycles. The summed E-state index contributed by atoms with van der Waals surface area (Å²) >= 11 is 0. The maximum Gasteiger partial charge on any atom is 0.168 e. The third kappa shape index (κ3) is 5.22. The van der Waals surface area contributed by atoms with Crippen LogP contribution in [0.1, 0.15) is 25.0 Å². The van der Waals surface area contributed by atoms with E-state index in [1.807, 2.05) is 36.4 Å². The number of hydrogen-bond donors (Lipinski definition) is 0. The van der Waals surface area contributed by atoms with Crippen LogP contribution in [0.3, 0.4) is 0 Å². The van der Waals surface area contributed by atoms with Crippen LogP contribution in [0.5, 0.6) is 0 Å². The van der Waals surface area contributed by atoms with Crippen LogP contribution in [0.25, 0.3) is 89.3 Å². The van der Waals surface area contributed by atoms with Crippen LogP contribution in [0.4, 0.5) is 0 Å². The molecule has 0 atom stereocenters. The summed E-state index contributed by atoms with van der Waals surface area (Å²) in [5.41, 5.74) is 16.7. The summed E-state index contributed by atoms with van der Waals surface area (Å²) in [5, 5.41) is 11.9. The van der Waals surface area contributed by atoms with E-state index in [-0.39, 0.29) is 5.41 Å². The van der Waals surface area contributed by atoms with Crippen LogP contribution in [0.15, 0.2) is 194 Å². The molecule has 4 nitrogen and oxygen atoms in total. The van der Waals surface area contributed by atoms with Crippen molar-refractivity contribution in [1.82, 2.24) is 19.3 Å².